The van der Waals surface area contributed by atoms with Crippen LogP contribution in [0.1, 0.15) is 5.56 Å². The monoisotopic (exact) mass is 252 g/mol. The molecule has 2 rings (SSSR count). The van der Waals surface area contributed by atoms with Crippen LogP contribution in [0.25, 0.3) is 10.9 Å². The summed E-state index contributed by atoms with van der Waals surface area (Å²) in [6.07, 6.45) is 2.18. The minimum atomic E-state index is 0.830. The summed E-state index contributed by atoms with van der Waals surface area (Å²) in [5, 5.41) is 4.61. The zero-order chi connectivity index (χ0) is 9.97. The van der Waals surface area contributed by atoms with Crippen LogP contribution in [-0.4, -0.2) is 10.0 Å². The van der Waals surface area contributed by atoms with Gasteiger partial charge in [0, 0.05) is 30.7 Å². The lowest BCUT2D eigenvalue weighted by molar-refractivity contribution is 0.800. The van der Waals surface area contributed by atoms with E-state index in [-0.39, 0.29) is 0 Å². The van der Waals surface area contributed by atoms with Gasteiger partial charge in [-0.1, -0.05) is 34.1 Å². The third-order valence-corrected chi connectivity index (χ3v) is 2.79. The van der Waals surface area contributed by atoms with Crippen LogP contribution in [0.15, 0.2) is 30.5 Å². The lowest BCUT2D eigenvalue weighted by Crippen LogP contribution is -2.09. The zero-order valence-corrected chi connectivity index (χ0v) is 9.71. The number of halogens is 1. The summed E-state index contributed by atoms with van der Waals surface area (Å²) < 4.78 is 2.17. The van der Waals surface area contributed by atoms with Gasteiger partial charge in [-0.15, -0.1) is 0 Å². The molecule has 1 aromatic carbocycles. The Morgan fingerprint density at radius 1 is 1.36 bits per heavy atom. The molecule has 0 atom stereocenters. The second-order valence-corrected chi connectivity index (χ2v) is 3.90. The lowest BCUT2D eigenvalue weighted by atomic mass is 10.2. The van der Waals surface area contributed by atoms with Gasteiger partial charge in [0.05, 0.1) is 5.45 Å². The summed E-state index contributed by atoms with van der Waals surface area (Å²) in [7, 11) is 2.08. The van der Waals surface area contributed by atoms with E-state index in [4.69, 9.17) is 0 Å². The van der Waals surface area contributed by atoms with Crippen LogP contribution in [0.5, 0.6) is 0 Å². The summed E-state index contributed by atoms with van der Waals surface area (Å²) in [6, 6.07) is 8.47. The van der Waals surface area contributed by atoms with Crippen molar-refractivity contribution in [1.29, 1.82) is 0 Å². The molecule has 0 amide bonds. The highest BCUT2D eigenvalue weighted by Gasteiger charge is 2.03. The highest BCUT2D eigenvalue weighted by molar-refractivity contribution is 9.09. The SMILES string of the molecule is Cn1cc(CNCBr)c2ccccc21. The van der Waals surface area contributed by atoms with Crippen molar-refractivity contribution in [3.63, 3.8) is 0 Å². The summed E-state index contributed by atoms with van der Waals surface area (Å²) >= 11 is 3.36. The minimum Gasteiger partial charge on any atom is -0.350 e. The number of benzene rings is 1. The first-order valence-electron chi connectivity index (χ1n) is 4.62. The molecule has 0 saturated heterocycles. The van der Waals surface area contributed by atoms with Crippen LogP contribution in [0.3, 0.4) is 0 Å². The van der Waals surface area contributed by atoms with Gasteiger partial charge in [0.2, 0.25) is 0 Å². The standard InChI is InChI=1S/C11H13BrN2/c1-14-7-9(6-13-8-12)10-4-2-3-5-11(10)14/h2-5,7,13H,6,8H2,1H3. The van der Waals surface area contributed by atoms with Gasteiger partial charge in [-0.25, -0.2) is 0 Å². The Morgan fingerprint density at radius 3 is 2.93 bits per heavy atom. The van der Waals surface area contributed by atoms with Gasteiger partial charge in [-0.3, -0.25) is 0 Å². The van der Waals surface area contributed by atoms with Crippen LogP contribution in [0.2, 0.25) is 0 Å². The quantitative estimate of drug-likeness (QED) is 0.657. The zero-order valence-electron chi connectivity index (χ0n) is 8.13. The summed E-state index contributed by atoms with van der Waals surface area (Å²) in [4.78, 5) is 0. The minimum absolute atomic E-state index is 0.830. The van der Waals surface area contributed by atoms with Crippen molar-refractivity contribution in [2.45, 2.75) is 6.54 Å². The third-order valence-electron chi connectivity index (χ3n) is 2.39. The van der Waals surface area contributed by atoms with E-state index < -0.39 is 0 Å². The van der Waals surface area contributed by atoms with Gasteiger partial charge in [-0.05, 0) is 11.6 Å². The van der Waals surface area contributed by atoms with Crippen molar-refractivity contribution in [3.8, 4) is 0 Å². The second-order valence-electron chi connectivity index (χ2n) is 3.34. The summed E-state index contributed by atoms with van der Waals surface area (Å²) in [5.41, 5.74) is 3.47. The molecular weight excluding hydrogens is 240 g/mol. The van der Waals surface area contributed by atoms with Gasteiger partial charge in [-0.2, -0.15) is 0 Å². The van der Waals surface area contributed by atoms with Crippen LogP contribution in [-0.2, 0) is 13.6 Å². The topological polar surface area (TPSA) is 17.0 Å². The molecule has 0 radical (unpaired) electrons. The fraction of sp³-hybridized carbons (Fsp3) is 0.273. The Bertz CT molecular complexity index is 434. The molecule has 0 aliphatic carbocycles. The van der Waals surface area contributed by atoms with E-state index in [9.17, 15) is 0 Å². The molecule has 3 heteroatoms. The maximum absolute atomic E-state index is 3.36. The average Bonchev–Trinajstić information content (AvgIpc) is 2.54. The molecule has 0 spiro atoms. The Morgan fingerprint density at radius 2 is 2.14 bits per heavy atom. The van der Waals surface area contributed by atoms with Crippen LogP contribution >= 0.6 is 15.9 Å². The number of aryl methyl sites for hydroxylation is 1. The first-order valence-corrected chi connectivity index (χ1v) is 5.74. The van der Waals surface area contributed by atoms with Gasteiger partial charge in [0.1, 0.15) is 0 Å². The van der Waals surface area contributed by atoms with E-state index in [0.717, 1.165) is 12.0 Å². The molecule has 0 saturated carbocycles. The number of nitrogens with one attached hydrogen (secondary N) is 1. The lowest BCUT2D eigenvalue weighted by Gasteiger charge is -1.97. The number of aromatic nitrogens is 1. The molecule has 0 unspecified atom stereocenters. The second kappa shape index (κ2) is 4.15. The highest BCUT2D eigenvalue weighted by atomic mass is 79.9. The summed E-state index contributed by atoms with van der Waals surface area (Å²) in [5.74, 6) is 0. The predicted octanol–water partition coefficient (Wildman–Crippen LogP) is 2.62. The molecule has 14 heavy (non-hydrogen) atoms. The van der Waals surface area contributed by atoms with E-state index in [1.54, 1.807) is 0 Å². The maximum Gasteiger partial charge on any atom is 0.0519 e. The maximum atomic E-state index is 3.36. The van der Waals surface area contributed by atoms with Crippen molar-refractivity contribution in [2.24, 2.45) is 7.05 Å². The Balaban J connectivity index is 2.44. The first-order chi connectivity index (χ1) is 6.83. The molecule has 0 bridgehead atoms. The Kier molecular flexibility index (Phi) is 2.89. The number of fused-ring (bicyclic) bond motifs is 1. The number of hydrogen-bond donors (Lipinski definition) is 1. The van der Waals surface area contributed by atoms with E-state index in [1.165, 1.54) is 16.5 Å². The molecule has 0 aliphatic heterocycles. The van der Waals surface area contributed by atoms with Crippen LogP contribution in [0, 0.1) is 0 Å². The largest absolute Gasteiger partial charge is 0.350 e. The normalized spacial score (nSPS) is 11.0. The van der Waals surface area contributed by atoms with Crippen molar-refractivity contribution in [1.82, 2.24) is 9.88 Å². The smallest absolute Gasteiger partial charge is 0.0519 e. The van der Waals surface area contributed by atoms with Gasteiger partial charge in [0.15, 0.2) is 0 Å². The molecule has 74 valence electrons. The number of nitrogens with zero attached hydrogens (tertiary/aromatic N) is 1. The van der Waals surface area contributed by atoms with Crippen LogP contribution in [0.4, 0.5) is 0 Å². The molecule has 2 nitrogen and oxygen atoms in total. The molecular formula is C11H13BrN2. The molecule has 1 N–H and O–H groups in total. The highest BCUT2D eigenvalue weighted by Crippen LogP contribution is 2.19. The first kappa shape index (κ1) is 9.74. The fourth-order valence-corrected chi connectivity index (χ4v) is 1.95. The molecule has 1 heterocycles. The van der Waals surface area contributed by atoms with Crippen molar-refractivity contribution in [2.75, 3.05) is 5.45 Å². The van der Waals surface area contributed by atoms with E-state index in [1.807, 2.05) is 0 Å². The molecule has 1 aromatic heterocycles. The van der Waals surface area contributed by atoms with Gasteiger partial charge in [0.25, 0.3) is 0 Å². The Hall–Kier alpha value is -0.800. The van der Waals surface area contributed by atoms with E-state index in [2.05, 4.69) is 63.3 Å². The van der Waals surface area contributed by atoms with Gasteiger partial charge < -0.3 is 9.88 Å². The van der Waals surface area contributed by atoms with E-state index in [0.29, 0.717) is 0 Å². The molecule has 0 aliphatic rings. The number of hydrogen-bond acceptors (Lipinski definition) is 1. The molecule has 0 fully saturated rings. The van der Waals surface area contributed by atoms with E-state index >= 15 is 0 Å². The number of rotatable bonds is 3. The van der Waals surface area contributed by atoms with Crippen LogP contribution < -0.4 is 5.32 Å². The number of para-hydroxylation sites is 1. The number of alkyl halides is 1. The summed E-state index contributed by atoms with van der Waals surface area (Å²) in [6.45, 7) is 0.909. The third kappa shape index (κ3) is 1.70. The predicted molar refractivity (Wildman–Crippen MR) is 63.6 cm³/mol. The Labute approximate surface area is 92.0 Å². The molecule has 2 aromatic rings. The average molecular weight is 253 g/mol. The van der Waals surface area contributed by atoms with Crippen molar-refractivity contribution >= 4 is 26.8 Å². The van der Waals surface area contributed by atoms with Gasteiger partial charge >= 0.3 is 0 Å². The van der Waals surface area contributed by atoms with Crippen molar-refractivity contribution < 1.29 is 0 Å². The fourth-order valence-electron chi connectivity index (χ4n) is 1.75. The van der Waals surface area contributed by atoms with Crippen molar-refractivity contribution in [3.05, 3.63) is 36.0 Å².